The van der Waals surface area contributed by atoms with Crippen molar-refractivity contribution in [3.8, 4) is 45.2 Å². The molecule has 0 N–H and O–H groups in total. The van der Waals surface area contributed by atoms with Gasteiger partial charge in [-0.3, -0.25) is 4.98 Å². The highest BCUT2D eigenvalue weighted by molar-refractivity contribution is 5.73. The largest absolute Gasteiger partial charge is 0.255 e. The molecule has 0 atom stereocenters. The Hall–Kier alpha value is -4.11. The second kappa shape index (κ2) is 10.4. The van der Waals surface area contributed by atoms with Gasteiger partial charge in [0, 0.05) is 36.7 Å². The number of nitrogens with zero attached hydrogens (tertiary/aromatic N) is 3. The molecule has 0 unspecified atom stereocenters. The van der Waals surface area contributed by atoms with Crippen LogP contribution in [0.15, 0.2) is 91.1 Å². The minimum Gasteiger partial charge on any atom is -0.255 e. The zero-order valence-electron chi connectivity index (χ0n) is 30.5. The van der Waals surface area contributed by atoms with Crippen LogP contribution < -0.4 is 0 Å². The van der Waals surface area contributed by atoms with E-state index in [0.29, 0.717) is 22.6 Å². The van der Waals surface area contributed by atoms with Crippen LogP contribution >= 0.6 is 0 Å². The molecule has 0 saturated heterocycles. The molecule has 2 aromatic heterocycles. The van der Waals surface area contributed by atoms with Crippen LogP contribution in [0.1, 0.15) is 78.4 Å². The molecule has 1 aliphatic carbocycles. The Kier molecular flexibility index (Phi) is 5.24. The van der Waals surface area contributed by atoms with Gasteiger partial charge in [-0.15, -0.1) is 0 Å². The van der Waals surface area contributed by atoms with E-state index < -0.39 is 19.1 Å². The van der Waals surface area contributed by atoms with Gasteiger partial charge in [0.05, 0.1) is 17.1 Å². The molecule has 0 spiro atoms. The summed E-state index contributed by atoms with van der Waals surface area (Å²) in [6.07, 6.45) is -5.98. The molecule has 0 fully saturated rings. The van der Waals surface area contributed by atoms with Gasteiger partial charge in [-0.05, 0) is 76.5 Å². The minimum atomic E-state index is -2.71. The Balaban J connectivity index is 1.40. The molecular weight excluding hydrogens is 498 g/mol. The second-order valence-electron chi connectivity index (χ2n) is 12.7. The van der Waals surface area contributed by atoms with Crippen molar-refractivity contribution >= 4 is 0 Å². The van der Waals surface area contributed by atoms with Gasteiger partial charge in [0.2, 0.25) is 0 Å². The second-order valence-corrected chi connectivity index (χ2v) is 12.7. The van der Waals surface area contributed by atoms with Gasteiger partial charge in [0.15, 0.2) is 5.82 Å². The molecule has 2 heterocycles. The maximum atomic E-state index is 8.41. The first-order chi connectivity index (χ1) is 21.8. The van der Waals surface area contributed by atoms with E-state index in [1.54, 1.807) is 18.3 Å². The summed E-state index contributed by atoms with van der Waals surface area (Å²) in [5.74, 6) is 0.517. The van der Waals surface area contributed by atoms with Crippen molar-refractivity contribution in [2.45, 2.75) is 71.5 Å². The molecule has 5 aromatic rings. The highest BCUT2D eigenvalue weighted by Crippen LogP contribution is 2.32. The van der Waals surface area contributed by atoms with Crippen molar-refractivity contribution in [2.24, 2.45) is 0 Å². The summed E-state index contributed by atoms with van der Waals surface area (Å²) in [6.45, 7) is 13.1. The number of aryl methyl sites for hydroxylation is 2. The van der Waals surface area contributed by atoms with E-state index in [-0.39, 0.29) is 22.0 Å². The van der Waals surface area contributed by atoms with Crippen LogP contribution in [-0.2, 0) is 23.6 Å². The summed E-state index contributed by atoms with van der Waals surface area (Å²) in [5, 5.41) is 0. The highest BCUT2D eigenvalue weighted by atomic mass is 14.9. The van der Waals surface area contributed by atoms with Gasteiger partial charge in [-0.1, -0.05) is 102 Å². The number of hydrogen-bond donors (Lipinski definition) is 0. The summed E-state index contributed by atoms with van der Waals surface area (Å²) in [5.41, 5.74) is 7.92. The normalized spacial score (nSPS) is 19.2. The number of aromatic nitrogens is 3. The van der Waals surface area contributed by atoms with Crippen LogP contribution in [0.2, 0.25) is 0 Å². The summed E-state index contributed by atoms with van der Waals surface area (Å²) in [6, 6.07) is 27.3. The Morgan fingerprint density at radius 3 is 1.56 bits per heavy atom. The molecule has 0 bridgehead atoms. The zero-order valence-corrected chi connectivity index (χ0v) is 24.5. The van der Waals surface area contributed by atoms with E-state index in [9.17, 15) is 0 Å². The van der Waals surface area contributed by atoms with Gasteiger partial charge in [-0.2, -0.15) is 0 Å². The van der Waals surface area contributed by atoms with E-state index in [2.05, 4.69) is 95.1 Å². The van der Waals surface area contributed by atoms with Crippen molar-refractivity contribution in [2.75, 3.05) is 0 Å². The fraction of sp³-hybridized carbons (Fsp3) is 0.289. The number of pyridine rings is 1. The van der Waals surface area contributed by atoms with E-state index >= 15 is 0 Å². The van der Waals surface area contributed by atoms with Crippen LogP contribution in [0.4, 0.5) is 0 Å². The number of rotatable bonds is 4. The van der Waals surface area contributed by atoms with Crippen LogP contribution in [-0.4, -0.2) is 15.0 Å². The third-order valence-electron chi connectivity index (χ3n) is 7.55. The smallest absolute Gasteiger partial charge is 0.161 e. The Labute approximate surface area is 253 Å². The lowest BCUT2D eigenvalue weighted by Gasteiger charge is -2.19. The van der Waals surface area contributed by atoms with Crippen LogP contribution in [0.5, 0.6) is 0 Å². The molecule has 206 valence electrons. The Morgan fingerprint density at radius 1 is 0.537 bits per heavy atom. The van der Waals surface area contributed by atoms with Crippen molar-refractivity contribution in [3.05, 3.63) is 113 Å². The summed E-state index contributed by atoms with van der Waals surface area (Å²) in [7, 11) is 0. The lowest BCUT2D eigenvalue weighted by molar-refractivity contribution is 0.590. The minimum absolute atomic E-state index is 0.00603. The summed E-state index contributed by atoms with van der Waals surface area (Å²) >= 11 is 0. The van der Waals surface area contributed by atoms with E-state index in [0.717, 1.165) is 22.5 Å². The lowest BCUT2D eigenvalue weighted by Crippen LogP contribution is -2.10. The molecule has 6 rings (SSSR count). The van der Waals surface area contributed by atoms with E-state index in [1.807, 2.05) is 12.1 Å². The number of hydrogen-bond acceptors (Lipinski definition) is 3. The van der Waals surface area contributed by atoms with Crippen molar-refractivity contribution < 1.29 is 8.22 Å². The first kappa shape index (κ1) is 20.7. The third kappa shape index (κ3) is 5.72. The van der Waals surface area contributed by atoms with Gasteiger partial charge in [0.1, 0.15) is 0 Å². The fourth-order valence-corrected chi connectivity index (χ4v) is 4.93. The summed E-state index contributed by atoms with van der Waals surface area (Å²) < 4.78 is 49.8. The standard InChI is InChI=1S/C38H39N3/c1-37(2,3)31-17-12-26(13-18-31)34-23-35(27-14-19-32(20-15-27)38(4,5)6)41-36(40-34)30-16-21-33(39-24-30)29-11-10-25-8-7-9-28(25)22-29/h10-24H,7-9H2,1-6H3/i7D2,8D2,9D2. The molecule has 0 aliphatic heterocycles. The molecule has 0 amide bonds. The van der Waals surface area contributed by atoms with Gasteiger partial charge >= 0.3 is 0 Å². The monoisotopic (exact) mass is 543 g/mol. The first-order valence-corrected chi connectivity index (χ1v) is 14.0. The Bertz CT molecular complexity index is 1880. The maximum absolute atomic E-state index is 8.41. The van der Waals surface area contributed by atoms with Crippen LogP contribution in [0.25, 0.3) is 45.2 Å². The first-order valence-electron chi connectivity index (χ1n) is 17.0. The summed E-state index contributed by atoms with van der Waals surface area (Å²) in [4.78, 5) is 14.6. The highest BCUT2D eigenvalue weighted by Gasteiger charge is 2.17. The molecule has 41 heavy (non-hydrogen) atoms. The molecular formula is C38H39N3. The fourth-order valence-electron chi connectivity index (χ4n) is 4.93. The van der Waals surface area contributed by atoms with Gasteiger partial charge in [0.25, 0.3) is 0 Å². The average molecular weight is 544 g/mol. The molecule has 1 aliphatic rings. The molecule has 3 nitrogen and oxygen atoms in total. The number of benzene rings is 3. The Morgan fingerprint density at radius 2 is 1.05 bits per heavy atom. The molecule has 0 saturated carbocycles. The SMILES string of the molecule is [2H]C1([2H])c2ccc(-c3ccc(-c4nc(-c5ccc(C(C)(C)C)cc5)cc(-c5ccc(C(C)(C)C)cc5)n4)cn3)cc2C([2H])([2H])C1([2H])[2H]. The predicted molar refractivity (Wildman–Crippen MR) is 171 cm³/mol. The molecule has 3 heteroatoms. The quantitative estimate of drug-likeness (QED) is 0.226. The van der Waals surface area contributed by atoms with Gasteiger partial charge in [-0.25, -0.2) is 9.97 Å². The van der Waals surface area contributed by atoms with Crippen molar-refractivity contribution in [1.29, 1.82) is 0 Å². The van der Waals surface area contributed by atoms with Crippen LogP contribution in [0, 0.1) is 0 Å². The third-order valence-corrected chi connectivity index (χ3v) is 7.55. The lowest BCUT2D eigenvalue weighted by atomic mass is 9.86. The van der Waals surface area contributed by atoms with E-state index in [4.69, 9.17) is 18.2 Å². The topological polar surface area (TPSA) is 38.7 Å². The van der Waals surface area contributed by atoms with Crippen molar-refractivity contribution in [3.63, 3.8) is 0 Å². The predicted octanol–water partition coefficient (Wildman–Crippen LogP) is 9.62. The van der Waals surface area contributed by atoms with Gasteiger partial charge < -0.3 is 0 Å². The maximum Gasteiger partial charge on any atom is 0.161 e. The van der Waals surface area contributed by atoms with Crippen LogP contribution in [0.3, 0.4) is 0 Å². The van der Waals surface area contributed by atoms with E-state index in [1.165, 1.54) is 23.3 Å². The zero-order chi connectivity index (χ0) is 34.2. The molecule has 3 aromatic carbocycles. The number of fused-ring (bicyclic) bond motifs is 1. The molecule has 0 radical (unpaired) electrons. The average Bonchev–Trinajstić information content (AvgIpc) is 3.13. The van der Waals surface area contributed by atoms with Crippen molar-refractivity contribution in [1.82, 2.24) is 15.0 Å².